The summed E-state index contributed by atoms with van der Waals surface area (Å²) in [4.78, 5) is 12.4. The van der Waals surface area contributed by atoms with Crippen LogP contribution in [0.4, 0.5) is 13.2 Å². The first-order valence-electron chi connectivity index (χ1n) is 7.42. The molecule has 2 N–H and O–H groups in total. The van der Waals surface area contributed by atoms with Crippen molar-refractivity contribution in [2.75, 3.05) is 0 Å². The molecule has 0 saturated heterocycles. The van der Waals surface area contributed by atoms with Crippen LogP contribution in [0, 0.1) is 0 Å². The number of carbonyl (C=O) groups excluding carboxylic acids is 1. The molecule has 0 amide bonds. The van der Waals surface area contributed by atoms with Gasteiger partial charge < -0.3 is 20.1 Å². The molecule has 0 aliphatic carbocycles. The smallest absolute Gasteiger partial charge is 0.459 e. The van der Waals surface area contributed by atoms with Crippen molar-refractivity contribution < 1.29 is 27.4 Å². The van der Waals surface area contributed by atoms with Crippen LogP contribution < -0.4 is 15.4 Å². The van der Waals surface area contributed by atoms with Gasteiger partial charge in [-0.3, -0.25) is 0 Å². The number of rotatable bonds is 4. The minimum Gasteiger partial charge on any atom is -0.459 e. The van der Waals surface area contributed by atoms with Gasteiger partial charge in [-0.25, -0.2) is 4.79 Å². The van der Waals surface area contributed by atoms with Gasteiger partial charge in [0.15, 0.2) is 5.11 Å². The van der Waals surface area contributed by atoms with Gasteiger partial charge in [-0.1, -0.05) is 12.1 Å². The largest absolute Gasteiger partial charge is 0.573 e. The fourth-order valence-corrected chi connectivity index (χ4v) is 2.62. The van der Waals surface area contributed by atoms with E-state index in [0.29, 0.717) is 21.9 Å². The molecule has 0 saturated carbocycles. The Hall–Kier alpha value is -2.29. The average Bonchev–Trinajstić information content (AvgIpc) is 2.44. The Morgan fingerprint density at radius 2 is 1.84 bits per heavy atom. The number of ether oxygens (including phenoxy) is 2. The van der Waals surface area contributed by atoms with Crippen molar-refractivity contribution in [3.63, 3.8) is 0 Å². The molecule has 1 atom stereocenters. The van der Waals surface area contributed by atoms with Crippen LogP contribution in [0.2, 0.25) is 0 Å². The Kier molecular flexibility index (Phi) is 5.56. The number of nitrogens with one attached hydrogen (secondary N) is 2. The lowest BCUT2D eigenvalue weighted by atomic mass is 9.95. The summed E-state index contributed by atoms with van der Waals surface area (Å²) in [5.74, 6) is -0.879. The summed E-state index contributed by atoms with van der Waals surface area (Å²) in [5, 5.41) is 6.09. The summed E-state index contributed by atoms with van der Waals surface area (Å²) in [7, 11) is 0. The third kappa shape index (κ3) is 5.09. The van der Waals surface area contributed by atoms with Gasteiger partial charge in [0.05, 0.1) is 17.7 Å². The van der Waals surface area contributed by atoms with Gasteiger partial charge in [-0.2, -0.15) is 0 Å². The van der Waals surface area contributed by atoms with Crippen molar-refractivity contribution in [2.45, 2.75) is 39.3 Å². The van der Waals surface area contributed by atoms with E-state index < -0.39 is 18.4 Å². The quantitative estimate of drug-likeness (QED) is 0.623. The van der Waals surface area contributed by atoms with E-state index >= 15 is 0 Å². The van der Waals surface area contributed by atoms with Crippen molar-refractivity contribution in [2.24, 2.45) is 0 Å². The van der Waals surface area contributed by atoms with E-state index in [2.05, 4.69) is 15.4 Å². The number of benzene rings is 1. The van der Waals surface area contributed by atoms with Gasteiger partial charge in [0.2, 0.25) is 0 Å². The second-order valence-electron chi connectivity index (χ2n) is 5.64. The number of hydrogen-bond acceptors (Lipinski definition) is 4. The fourth-order valence-electron chi connectivity index (χ4n) is 2.35. The molecule has 1 aromatic carbocycles. The number of hydrogen-bond donors (Lipinski definition) is 2. The Bertz CT molecular complexity index is 700. The van der Waals surface area contributed by atoms with E-state index in [9.17, 15) is 18.0 Å². The van der Waals surface area contributed by atoms with Crippen LogP contribution in [0.25, 0.3) is 0 Å². The number of esters is 1. The molecule has 5 nitrogen and oxygen atoms in total. The van der Waals surface area contributed by atoms with Crippen molar-refractivity contribution in [1.82, 2.24) is 10.6 Å². The van der Waals surface area contributed by atoms with Crippen LogP contribution in [0.3, 0.4) is 0 Å². The second-order valence-corrected chi connectivity index (χ2v) is 6.05. The molecular formula is C16H17F3N2O3S. The van der Waals surface area contributed by atoms with E-state index in [-0.39, 0.29) is 11.9 Å². The normalized spacial score (nSPS) is 17.9. The zero-order valence-corrected chi connectivity index (χ0v) is 14.5. The Balaban J connectivity index is 2.32. The lowest BCUT2D eigenvalue weighted by Gasteiger charge is -2.30. The molecule has 0 bridgehead atoms. The highest BCUT2D eigenvalue weighted by molar-refractivity contribution is 7.80. The molecular weight excluding hydrogens is 357 g/mol. The summed E-state index contributed by atoms with van der Waals surface area (Å²) in [6, 6.07) is 4.58. The molecule has 0 radical (unpaired) electrons. The molecule has 1 aromatic rings. The molecule has 0 fully saturated rings. The Morgan fingerprint density at radius 3 is 2.36 bits per heavy atom. The molecule has 1 unspecified atom stereocenters. The fraction of sp³-hybridized carbons (Fsp3) is 0.375. The minimum absolute atomic E-state index is 0.305. The topological polar surface area (TPSA) is 59.6 Å². The monoisotopic (exact) mass is 374 g/mol. The SMILES string of the molecule is CC1=C(C(=O)OC(C)C)C(c2ccc(OC(F)(F)F)cc2)NC(=S)N1. The molecule has 136 valence electrons. The predicted molar refractivity (Wildman–Crippen MR) is 88.7 cm³/mol. The molecule has 2 rings (SSSR count). The lowest BCUT2D eigenvalue weighted by molar-refractivity contribution is -0.274. The number of allylic oxidation sites excluding steroid dienone is 1. The van der Waals surface area contributed by atoms with Crippen LogP contribution >= 0.6 is 12.2 Å². The van der Waals surface area contributed by atoms with E-state index in [0.717, 1.165) is 0 Å². The van der Waals surface area contributed by atoms with Crippen molar-refractivity contribution in [1.29, 1.82) is 0 Å². The zero-order chi connectivity index (χ0) is 18.8. The highest BCUT2D eigenvalue weighted by atomic mass is 32.1. The van der Waals surface area contributed by atoms with Crippen LogP contribution in [0.5, 0.6) is 5.75 Å². The van der Waals surface area contributed by atoms with Crippen molar-refractivity contribution >= 4 is 23.3 Å². The molecule has 1 aliphatic rings. The van der Waals surface area contributed by atoms with Gasteiger partial charge in [-0.15, -0.1) is 13.2 Å². The lowest BCUT2D eigenvalue weighted by Crippen LogP contribution is -2.45. The summed E-state index contributed by atoms with van der Waals surface area (Å²) in [6.45, 7) is 5.12. The number of carbonyl (C=O) groups is 1. The first-order chi connectivity index (χ1) is 11.6. The van der Waals surface area contributed by atoms with Crippen LogP contribution in [0.15, 0.2) is 35.5 Å². The number of thiocarbonyl (C=S) groups is 1. The van der Waals surface area contributed by atoms with E-state index in [1.54, 1.807) is 20.8 Å². The molecule has 9 heteroatoms. The molecule has 1 aliphatic heterocycles. The predicted octanol–water partition coefficient (Wildman–Crippen LogP) is 3.33. The maximum absolute atomic E-state index is 12.4. The third-order valence-corrected chi connectivity index (χ3v) is 3.50. The van der Waals surface area contributed by atoms with E-state index in [1.807, 2.05) is 0 Å². The Labute approximate surface area is 148 Å². The van der Waals surface area contributed by atoms with Crippen molar-refractivity contribution in [3.05, 3.63) is 41.1 Å². The number of alkyl halides is 3. The molecule has 0 aromatic heterocycles. The standard InChI is InChI=1S/C16H17F3N2O3S/c1-8(2)23-14(22)12-9(3)20-15(25)21-13(12)10-4-6-11(7-5-10)24-16(17,18)19/h4-8,13H,1-3H3,(H2,20,21,25). The maximum atomic E-state index is 12.4. The molecule has 0 spiro atoms. The highest BCUT2D eigenvalue weighted by Gasteiger charge is 2.33. The van der Waals surface area contributed by atoms with Crippen LogP contribution in [-0.2, 0) is 9.53 Å². The van der Waals surface area contributed by atoms with Crippen LogP contribution in [0.1, 0.15) is 32.4 Å². The summed E-state index contributed by atoms with van der Waals surface area (Å²) in [6.07, 6.45) is -5.08. The first kappa shape index (κ1) is 19.0. The molecule has 25 heavy (non-hydrogen) atoms. The second kappa shape index (κ2) is 7.30. The minimum atomic E-state index is -4.77. The van der Waals surface area contributed by atoms with Gasteiger partial charge >= 0.3 is 12.3 Å². The van der Waals surface area contributed by atoms with E-state index in [1.165, 1.54) is 24.3 Å². The highest BCUT2D eigenvalue weighted by Crippen LogP contribution is 2.30. The van der Waals surface area contributed by atoms with Gasteiger partial charge in [0.1, 0.15) is 5.75 Å². The molecule has 1 heterocycles. The summed E-state index contributed by atoms with van der Waals surface area (Å²) in [5.41, 5.74) is 1.38. The first-order valence-corrected chi connectivity index (χ1v) is 7.82. The summed E-state index contributed by atoms with van der Waals surface area (Å²) < 4.78 is 45.9. The van der Waals surface area contributed by atoms with Gasteiger partial charge in [0.25, 0.3) is 0 Å². The van der Waals surface area contributed by atoms with Crippen LogP contribution in [-0.4, -0.2) is 23.5 Å². The van der Waals surface area contributed by atoms with E-state index in [4.69, 9.17) is 17.0 Å². The third-order valence-electron chi connectivity index (χ3n) is 3.28. The maximum Gasteiger partial charge on any atom is 0.573 e. The van der Waals surface area contributed by atoms with Gasteiger partial charge in [-0.05, 0) is 50.7 Å². The number of halogens is 3. The van der Waals surface area contributed by atoms with Gasteiger partial charge in [0, 0.05) is 5.70 Å². The zero-order valence-electron chi connectivity index (χ0n) is 13.7. The van der Waals surface area contributed by atoms with Crippen molar-refractivity contribution in [3.8, 4) is 5.75 Å². The average molecular weight is 374 g/mol. The Morgan fingerprint density at radius 1 is 1.24 bits per heavy atom. The summed E-state index contributed by atoms with van der Waals surface area (Å²) >= 11 is 5.10.